The number of ether oxygens (including phenoxy) is 1. The third-order valence-corrected chi connectivity index (χ3v) is 1.85. The normalized spacial score (nSPS) is 11.5. The SMILES string of the molecule is COc1cc(/C(N)=N/O)sn1. The second-order valence-electron chi connectivity index (χ2n) is 1.72. The molecule has 0 fully saturated rings. The van der Waals surface area contributed by atoms with Crippen molar-refractivity contribution in [1.82, 2.24) is 4.37 Å². The second kappa shape index (κ2) is 3.20. The highest BCUT2D eigenvalue weighted by molar-refractivity contribution is 7.08. The first-order valence-corrected chi connectivity index (χ1v) is 3.54. The van der Waals surface area contributed by atoms with E-state index in [0.717, 1.165) is 11.5 Å². The lowest BCUT2D eigenvalue weighted by molar-refractivity contribution is 0.319. The monoisotopic (exact) mass is 173 g/mol. The molecule has 0 unspecified atom stereocenters. The first-order valence-electron chi connectivity index (χ1n) is 2.76. The van der Waals surface area contributed by atoms with E-state index < -0.39 is 0 Å². The van der Waals surface area contributed by atoms with Crippen molar-refractivity contribution in [3.8, 4) is 5.88 Å². The van der Waals surface area contributed by atoms with E-state index in [1.807, 2.05) is 0 Å². The third-order valence-electron chi connectivity index (χ3n) is 1.06. The van der Waals surface area contributed by atoms with E-state index in [9.17, 15) is 0 Å². The van der Waals surface area contributed by atoms with Gasteiger partial charge in [-0.15, -0.1) is 0 Å². The summed E-state index contributed by atoms with van der Waals surface area (Å²) in [6, 6.07) is 1.60. The van der Waals surface area contributed by atoms with Gasteiger partial charge in [-0.2, -0.15) is 4.37 Å². The summed E-state index contributed by atoms with van der Waals surface area (Å²) >= 11 is 1.12. The van der Waals surface area contributed by atoms with Gasteiger partial charge in [0, 0.05) is 6.07 Å². The largest absolute Gasteiger partial charge is 0.480 e. The zero-order valence-corrected chi connectivity index (χ0v) is 6.63. The molecule has 0 bridgehead atoms. The number of methoxy groups -OCH3 is 1. The molecule has 0 aliphatic carbocycles. The van der Waals surface area contributed by atoms with Gasteiger partial charge in [0.05, 0.1) is 12.0 Å². The van der Waals surface area contributed by atoms with Crippen LogP contribution in [0.25, 0.3) is 0 Å². The lowest BCUT2D eigenvalue weighted by Crippen LogP contribution is -2.10. The molecule has 0 spiro atoms. The van der Waals surface area contributed by atoms with Crippen LogP contribution < -0.4 is 10.5 Å². The molecule has 0 aromatic carbocycles. The fourth-order valence-corrected chi connectivity index (χ4v) is 1.13. The molecule has 1 rings (SSSR count). The standard InChI is InChI=1S/C5H7N3O2S/c1-10-4-2-3(11-8-4)5(6)7-9/h2,9H,1H3,(H2,6,7). The molecule has 0 amide bonds. The van der Waals surface area contributed by atoms with Crippen LogP contribution in [0, 0.1) is 0 Å². The smallest absolute Gasteiger partial charge is 0.225 e. The number of nitrogens with two attached hydrogens (primary N) is 1. The van der Waals surface area contributed by atoms with Crippen LogP contribution in [0.15, 0.2) is 11.2 Å². The predicted molar refractivity (Wildman–Crippen MR) is 41.2 cm³/mol. The Morgan fingerprint density at radius 3 is 3.09 bits per heavy atom. The minimum atomic E-state index is 0.0470. The van der Waals surface area contributed by atoms with E-state index in [4.69, 9.17) is 15.7 Å². The molecule has 6 heteroatoms. The molecule has 1 aromatic rings. The van der Waals surface area contributed by atoms with E-state index in [0.29, 0.717) is 10.8 Å². The van der Waals surface area contributed by atoms with Crippen LogP contribution in [0.1, 0.15) is 4.88 Å². The Morgan fingerprint density at radius 1 is 1.91 bits per heavy atom. The number of amidine groups is 1. The van der Waals surface area contributed by atoms with Gasteiger partial charge in [0.2, 0.25) is 5.88 Å². The van der Waals surface area contributed by atoms with Crippen molar-refractivity contribution in [3.63, 3.8) is 0 Å². The van der Waals surface area contributed by atoms with E-state index in [2.05, 4.69) is 9.53 Å². The van der Waals surface area contributed by atoms with Gasteiger partial charge in [-0.05, 0) is 11.5 Å². The maximum absolute atomic E-state index is 8.27. The molecule has 1 aromatic heterocycles. The number of rotatable bonds is 2. The minimum absolute atomic E-state index is 0.0470. The van der Waals surface area contributed by atoms with Crippen LogP contribution >= 0.6 is 11.5 Å². The van der Waals surface area contributed by atoms with Gasteiger partial charge in [0.25, 0.3) is 0 Å². The Hall–Kier alpha value is -1.30. The molecule has 11 heavy (non-hydrogen) atoms. The van der Waals surface area contributed by atoms with E-state index in [-0.39, 0.29) is 5.84 Å². The minimum Gasteiger partial charge on any atom is -0.480 e. The lowest BCUT2D eigenvalue weighted by atomic mass is 10.4. The van der Waals surface area contributed by atoms with Crippen molar-refractivity contribution in [2.75, 3.05) is 7.11 Å². The van der Waals surface area contributed by atoms with Gasteiger partial charge in [-0.3, -0.25) is 0 Å². The maximum atomic E-state index is 8.27. The molecule has 3 N–H and O–H groups in total. The summed E-state index contributed by atoms with van der Waals surface area (Å²) in [5.41, 5.74) is 5.28. The predicted octanol–water partition coefficient (Wildman–Crippen LogP) is 0.246. The highest BCUT2D eigenvalue weighted by Crippen LogP contribution is 2.15. The summed E-state index contributed by atoms with van der Waals surface area (Å²) in [6.45, 7) is 0. The summed E-state index contributed by atoms with van der Waals surface area (Å²) < 4.78 is 8.65. The molecule has 5 nitrogen and oxygen atoms in total. The van der Waals surface area contributed by atoms with Crippen molar-refractivity contribution in [1.29, 1.82) is 0 Å². The molecule has 0 aliphatic heterocycles. The average molecular weight is 173 g/mol. The molecule has 1 heterocycles. The molecular formula is C5H7N3O2S. The van der Waals surface area contributed by atoms with Crippen molar-refractivity contribution < 1.29 is 9.94 Å². The highest BCUT2D eigenvalue weighted by Gasteiger charge is 2.04. The molecule has 60 valence electrons. The van der Waals surface area contributed by atoms with Crippen LogP contribution in [-0.4, -0.2) is 22.5 Å². The molecule has 0 saturated heterocycles. The van der Waals surface area contributed by atoms with Crippen LogP contribution in [0.3, 0.4) is 0 Å². The molecule has 0 aliphatic rings. The highest BCUT2D eigenvalue weighted by atomic mass is 32.1. The number of hydrogen-bond donors (Lipinski definition) is 2. The van der Waals surface area contributed by atoms with Crippen molar-refractivity contribution in [2.24, 2.45) is 10.9 Å². The van der Waals surface area contributed by atoms with Crippen LogP contribution in [0.2, 0.25) is 0 Å². The van der Waals surface area contributed by atoms with Gasteiger partial charge in [-0.25, -0.2) is 0 Å². The molecule has 0 atom stereocenters. The fourth-order valence-electron chi connectivity index (χ4n) is 0.525. The zero-order chi connectivity index (χ0) is 8.27. The quantitative estimate of drug-likeness (QED) is 0.290. The van der Waals surface area contributed by atoms with E-state index in [1.165, 1.54) is 7.11 Å². The summed E-state index contributed by atoms with van der Waals surface area (Å²) in [4.78, 5) is 0.587. The number of nitrogens with zero attached hydrogens (tertiary/aromatic N) is 2. The van der Waals surface area contributed by atoms with Crippen LogP contribution in [0.4, 0.5) is 0 Å². The van der Waals surface area contributed by atoms with Gasteiger partial charge < -0.3 is 15.7 Å². The third kappa shape index (κ3) is 1.58. The Balaban J connectivity index is 2.89. The topological polar surface area (TPSA) is 80.7 Å². The van der Waals surface area contributed by atoms with Crippen LogP contribution in [-0.2, 0) is 0 Å². The fraction of sp³-hybridized carbons (Fsp3) is 0.200. The molecule has 0 radical (unpaired) electrons. The average Bonchev–Trinajstić information content (AvgIpc) is 2.50. The number of hydrogen-bond acceptors (Lipinski definition) is 5. The lowest BCUT2D eigenvalue weighted by Gasteiger charge is -1.88. The van der Waals surface area contributed by atoms with E-state index >= 15 is 0 Å². The van der Waals surface area contributed by atoms with Gasteiger partial charge in [0.1, 0.15) is 0 Å². The maximum Gasteiger partial charge on any atom is 0.225 e. The Morgan fingerprint density at radius 2 is 2.64 bits per heavy atom. The summed E-state index contributed by atoms with van der Waals surface area (Å²) in [6.07, 6.45) is 0. The van der Waals surface area contributed by atoms with Gasteiger partial charge >= 0.3 is 0 Å². The Kier molecular flexibility index (Phi) is 2.27. The summed E-state index contributed by atoms with van der Waals surface area (Å²) in [7, 11) is 1.51. The zero-order valence-electron chi connectivity index (χ0n) is 5.81. The first kappa shape index (κ1) is 7.80. The van der Waals surface area contributed by atoms with Crippen LogP contribution in [0.5, 0.6) is 5.88 Å². The Bertz CT molecular complexity index is 270. The molecule has 0 saturated carbocycles. The second-order valence-corrected chi connectivity index (χ2v) is 2.52. The molecular weight excluding hydrogens is 166 g/mol. The van der Waals surface area contributed by atoms with Crippen molar-refractivity contribution in [3.05, 3.63) is 10.9 Å². The van der Waals surface area contributed by atoms with Gasteiger partial charge in [0.15, 0.2) is 5.84 Å². The Labute approximate surface area is 67.3 Å². The first-order chi connectivity index (χ1) is 5.27. The van der Waals surface area contributed by atoms with Crippen molar-refractivity contribution >= 4 is 17.4 Å². The van der Waals surface area contributed by atoms with E-state index in [1.54, 1.807) is 6.07 Å². The summed E-state index contributed by atoms with van der Waals surface area (Å²) in [5.74, 6) is 0.516. The number of oxime groups is 1. The number of aromatic nitrogens is 1. The van der Waals surface area contributed by atoms with Gasteiger partial charge in [-0.1, -0.05) is 5.16 Å². The summed E-state index contributed by atoms with van der Waals surface area (Å²) in [5, 5.41) is 11.1. The van der Waals surface area contributed by atoms with Crippen molar-refractivity contribution in [2.45, 2.75) is 0 Å².